The standard InChI is InChI=1S/C35H20N4S.Pt/c1-3-10-32-27(7-1)28-14-12-24(35-38-31-9-2-4-11-34(31)40-35)21-33(28)39(32)25-13-15-26(23-16-19-36-20-17-23)29(22-25)30-8-5-6-18-37-30;/h1-20H;/q-2;+2. The Morgan fingerprint density at radius 3 is 2.37 bits per heavy atom. The summed E-state index contributed by atoms with van der Waals surface area (Å²) in [6.07, 6.45) is 5.46. The molecule has 0 spiro atoms. The van der Waals surface area contributed by atoms with Crippen molar-refractivity contribution >= 4 is 43.4 Å². The van der Waals surface area contributed by atoms with Crippen molar-refractivity contribution in [1.29, 1.82) is 0 Å². The fourth-order valence-electron chi connectivity index (χ4n) is 5.35. The van der Waals surface area contributed by atoms with Gasteiger partial charge in [0, 0.05) is 33.8 Å². The Bertz CT molecular complexity index is 2140. The number of para-hydroxylation sites is 2. The molecule has 0 fully saturated rings. The molecule has 0 amide bonds. The van der Waals surface area contributed by atoms with Crippen LogP contribution in [0.3, 0.4) is 0 Å². The van der Waals surface area contributed by atoms with Gasteiger partial charge in [0.2, 0.25) is 0 Å². The molecule has 0 saturated heterocycles. The van der Waals surface area contributed by atoms with Gasteiger partial charge >= 0.3 is 21.1 Å². The van der Waals surface area contributed by atoms with Crippen LogP contribution in [0.1, 0.15) is 0 Å². The molecule has 196 valence electrons. The first-order valence-corrected chi connectivity index (χ1v) is 13.8. The van der Waals surface area contributed by atoms with E-state index in [2.05, 4.69) is 93.4 Å². The van der Waals surface area contributed by atoms with Crippen LogP contribution in [-0.2, 0) is 21.1 Å². The van der Waals surface area contributed by atoms with Gasteiger partial charge in [-0.3, -0.25) is 9.97 Å². The molecule has 0 aliphatic rings. The van der Waals surface area contributed by atoms with Gasteiger partial charge in [0.15, 0.2) is 0 Å². The van der Waals surface area contributed by atoms with E-state index in [9.17, 15) is 0 Å². The van der Waals surface area contributed by atoms with Crippen LogP contribution in [0.4, 0.5) is 0 Å². The monoisotopic (exact) mass is 723 g/mol. The molecular weight excluding hydrogens is 704 g/mol. The van der Waals surface area contributed by atoms with Crippen LogP contribution in [0.15, 0.2) is 122 Å². The molecule has 0 unspecified atom stereocenters. The summed E-state index contributed by atoms with van der Waals surface area (Å²) in [6.45, 7) is 0. The fourth-order valence-corrected chi connectivity index (χ4v) is 6.30. The number of benzene rings is 4. The molecule has 0 aliphatic heterocycles. The van der Waals surface area contributed by atoms with Crippen LogP contribution in [0.5, 0.6) is 0 Å². The minimum atomic E-state index is 0. The van der Waals surface area contributed by atoms with Crippen LogP contribution in [0, 0.1) is 12.1 Å². The predicted molar refractivity (Wildman–Crippen MR) is 164 cm³/mol. The van der Waals surface area contributed by atoms with Gasteiger partial charge in [-0.1, -0.05) is 59.0 Å². The van der Waals surface area contributed by atoms with Crippen molar-refractivity contribution in [1.82, 2.24) is 19.5 Å². The van der Waals surface area contributed by atoms with E-state index < -0.39 is 0 Å². The number of rotatable bonds is 4. The first kappa shape index (κ1) is 25.5. The number of aromatic nitrogens is 4. The number of hydrogen-bond donors (Lipinski definition) is 0. The second-order valence-electron chi connectivity index (χ2n) is 9.56. The van der Waals surface area contributed by atoms with Crippen molar-refractivity contribution < 1.29 is 21.1 Å². The zero-order valence-corrected chi connectivity index (χ0v) is 24.6. The van der Waals surface area contributed by atoms with Crippen molar-refractivity contribution in [2.75, 3.05) is 0 Å². The summed E-state index contributed by atoms with van der Waals surface area (Å²) < 4.78 is 3.43. The SMILES string of the molecule is [Pt+2].[c-]1c(-n2c3[c-]c(-c4nc5ccccc5s4)ccc3c3ccccc32)ccc(-c2ccncc2)c1-c1ccccn1. The van der Waals surface area contributed by atoms with Crippen molar-refractivity contribution in [2.45, 2.75) is 0 Å². The average molecular weight is 724 g/mol. The Balaban J connectivity index is 0.00000276. The summed E-state index contributed by atoms with van der Waals surface area (Å²) >= 11 is 1.69. The number of hydrogen-bond acceptors (Lipinski definition) is 4. The molecular formula is C35H20N4PtS. The molecule has 4 aromatic heterocycles. The molecule has 0 bridgehead atoms. The maximum Gasteiger partial charge on any atom is 2.00 e. The zero-order chi connectivity index (χ0) is 26.5. The molecule has 0 N–H and O–H groups in total. The second-order valence-corrected chi connectivity index (χ2v) is 10.6. The average Bonchev–Trinajstić information content (AvgIpc) is 3.61. The summed E-state index contributed by atoms with van der Waals surface area (Å²) in [6, 6.07) is 42.9. The predicted octanol–water partition coefficient (Wildman–Crippen LogP) is 8.78. The van der Waals surface area contributed by atoms with E-state index in [-0.39, 0.29) is 21.1 Å². The van der Waals surface area contributed by atoms with Crippen LogP contribution in [-0.4, -0.2) is 19.5 Å². The summed E-state index contributed by atoms with van der Waals surface area (Å²) in [4.78, 5) is 13.8. The van der Waals surface area contributed by atoms with E-state index in [1.807, 2.05) is 55.0 Å². The van der Waals surface area contributed by atoms with Crippen molar-refractivity contribution in [3.63, 3.8) is 0 Å². The maximum absolute atomic E-state index is 4.90. The molecule has 4 heterocycles. The Morgan fingerprint density at radius 1 is 0.683 bits per heavy atom. The molecule has 4 aromatic carbocycles. The second kappa shape index (κ2) is 10.5. The van der Waals surface area contributed by atoms with Gasteiger partial charge in [-0.15, -0.1) is 47.5 Å². The van der Waals surface area contributed by atoms with Crippen molar-refractivity contribution in [3.05, 3.63) is 134 Å². The van der Waals surface area contributed by atoms with Gasteiger partial charge in [0.05, 0.1) is 5.52 Å². The van der Waals surface area contributed by atoms with Gasteiger partial charge in [0.25, 0.3) is 0 Å². The third-order valence-electron chi connectivity index (χ3n) is 7.19. The van der Waals surface area contributed by atoms with Crippen molar-refractivity contribution in [3.8, 4) is 38.6 Å². The number of thiazole rings is 1. The van der Waals surface area contributed by atoms with E-state index in [1.54, 1.807) is 11.3 Å². The Morgan fingerprint density at radius 2 is 1.51 bits per heavy atom. The first-order valence-electron chi connectivity index (χ1n) is 13.0. The smallest absolute Gasteiger partial charge is 0.346 e. The van der Waals surface area contributed by atoms with Gasteiger partial charge in [-0.2, -0.15) is 11.3 Å². The quantitative estimate of drug-likeness (QED) is 0.171. The van der Waals surface area contributed by atoms with E-state index in [1.165, 1.54) is 10.1 Å². The minimum Gasteiger partial charge on any atom is -0.346 e. The fraction of sp³-hybridized carbons (Fsp3) is 0. The maximum atomic E-state index is 4.90. The molecule has 4 nitrogen and oxygen atoms in total. The van der Waals surface area contributed by atoms with Crippen molar-refractivity contribution in [2.24, 2.45) is 0 Å². The van der Waals surface area contributed by atoms with Crippen LogP contribution < -0.4 is 0 Å². The van der Waals surface area contributed by atoms with Gasteiger partial charge in [-0.05, 0) is 58.7 Å². The first-order chi connectivity index (χ1) is 19.8. The molecule has 0 radical (unpaired) electrons. The Kier molecular flexibility index (Phi) is 6.54. The molecule has 0 saturated carbocycles. The normalized spacial score (nSPS) is 11.2. The van der Waals surface area contributed by atoms with E-state index in [0.717, 1.165) is 60.6 Å². The number of fused-ring (bicyclic) bond motifs is 4. The third kappa shape index (κ3) is 4.39. The van der Waals surface area contributed by atoms with Gasteiger partial charge < -0.3 is 9.55 Å². The largest absolute Gasteiger partial charge is 2.00 e. The van der Waals surface area contributed by atoms with E-state index >= 15 is 0 Å². The van der Waals surface area contributed by atoms with Gasteiger partial charge in [-0.25, -0.2) is 0 Å². The number of pyridine rings is 2. The topological polar surface area (TPSA) is 43.6 Å². The van der Waals surface area contributed by atoms with E-state index in [4.69, 9.17) is 4.98 Å². The Labute approximate surface area is 255 Å². The van der Waals surface area contributed by atoms with Gasteiger partial charge in [0.1, 0.15) is 0 Å². The summed E-state index contributed by atoms with van der Waals surface area (Å²) in [5.41, 5.74) is 8.98. The molecule has 8 aromatic rings. The molecule has 6 heteroatoms. The molecule has 0 aliphatic carbocycles. The van der Waals surface area contributed by atoms with Crippen LogP contribution >= 0.6 is 11.3 Å². The summed E-state index contributed by atoms with van der Waals surface area (Å²) in [5.74, 6) is 0. The van der Waals surface area contributed by atoms with E-state index in [0.29, 0.717) is 0 Å². The minimum absolute atomic E-state index is 0. The summed E-state index contributed by atoms with van der Waals surface area (Å²) in [5, 5.41) is 3.29. The van der Waals surface area contributed by atoms with Crippen LogP contribution in [0.2, 0.25) is 0 Å². The summed E-state index contributed by atoms with van der Waals surface area (Å²) in [7, 11) is 0. The molecule has 41 heavy (non-hydrogen) atoms. The molecule has 0 atom stereocenters. The molecule has 8 rings (SSSR count). The third-order valence-corrected chi connectivity index (χ3v) is 8.26. The zero-order valence-electron chi connectivity index (χ0n) is 21.6. The Hall–Kier alpha value is -4.44. The van der Waals surface area contributed by atoms with Crippen LogP contribution in [0.25, 0.3) is 70.7 Å². The number of nitrogens with zero attached hydrogens (tertiary/aromatic N) is 4.